The van der Waals surface area contributed by atoms with Gasteiger partial charge < -0.3 is 14.8 Å². The van der Waals surface area contributed by atoms with Gasteiger partial charge >= 0.3 is 6.09 Å². The zero-order valence-electron chi connectivity index (χ0n) is 22.4. The highest BCUT2D eigenvalue weighted by molar-refractivity contribution is 9.10. The summed E-state index contributed by atoms with van der Waals surface area (Å²) in [7, 11) is -2.59. The first-order valence-electron chi connectivity index (χ1n) is 12.2. The van der Waals surface area contributed by atoms with Crippen LogP contribution >= 0.6 is 15.9 Å². The molecule has 0 fully saturated rings. The molecule has 1 amide bonds. The largest absolute Gasteiger partial charge is 0.497 e. The number of sulfonamides is 1. The summed E-state index contributed by atoms with van der Waals surface area (Å²) in [5.74, 6) is 0.823. The van der Waals surface area contributed by atoms with Gasteiger partial charge in [-0.05, 0) is 82.4 Å². The Morgan fingerprint density at radius 1 is 1.02 bits per heavy atom. The number of carbonyl (C=O) groups is 1. The van der Waals surface area contributed by atoms with Crippen molar-refractivity contribution in [3.8, 4) is 28.3 Å². The van der Waals surface area contributed by atoms with E-state index in [1.165, 1.54) is 4.80 Å². The number of halogens is 1. The minimum absolute atomic E-state index is 0.101. The number of aromatic nitrogens is 4. The molecule has 13 heteroatoms. The number of nitrogens with zero attached hydrogens (tertiary/aromatic N) is 4. The fourth-order valence-electron chi connectivity index (χ4n) is 3.89. The summed E-state index contributed by atoms with van der Waals surface area (Å²) in [6.45, 7) is 5.94. The maximum absolute atomic E-state index is 12.7. The second-order valence-electron chi connectivity index (χ2n) is 9.89. The maximum atomic E-state index is 12.7. The molecular weight excluding hydrogens is 600 g/mol. The topological polar surface area (TPSA) is 151 Å². The van der Waals surface area contributed by atoms with Crippen LogP contribution in [-0.4, -0.2) is 47.4 Å². The van der Waals surface area contributed by atoms with Crippen LogP contribution in [0.4, 0.5) is 4.79 Å². The Hall–Kier alpha value is -3.81. The fourth-order valence-corrected chi connectivity index (χ4v) is 5.73. The molecule has 1 aromatic heterocycles. The molecule has 0 atom stereocenters. The quantitative estimate of drug-likeness (QED) is 0.289. The molecule has 0 aliphatic carbocycles. The molecular formula is C27H29BrN6O5S. The highest BCUT2D eigenvalue weighted by Crippen LogP contribution is 2.39. The number of benzene rings is 3. The monoisotopic (exact) mass is 628 g/mol. The highest BCUT2D eigenvalue weighted by Gasteiger charge is 2.26. The molecule has 0 bridgehead atoms. The number of primary sulfonamides is 1. The van der Waals surface area contributed by atoms with Crippen molar-refractivity contribution in [2.75, 3.05) is 7.11 Å². The Balaban J connectivity index is 1.67. The number of hydrogen-bond acceptors (Lipinski definition) is 8. The van der Waals surface area contributed by atoms with Gasteiger partial charge in [0.2, 0.25) is 15.8 Å². The summed E-state index contributed by atoms with van der Waals surface area (Å²) in [5, 5.41) is 21.1. The van der Waals surface area contributed by atoms with Crippen molar-refractivity contribution in [1.82, 2.24) is 25.5 Å². The number of methoxy groups -OCH3 is 1. The molecule has 210 valence electrons. The number of tetrazole rings is 1. The summed E-state index contributed by atoms with van der Waals surface area (Å²) in [4.78, 5) is 13.2. The van der Waals surface area contributed by atoms with E-state index in [1.54, 1.807) is 40.0 Å². The molecule has 1 heterocycles. The van der Waals surface area contributed by atoms with E-state index in [1.807, 2.05) is 48.5 Å². The molecule has 3 N–H and O–H groups in total. The molecule has 0 unspecified atom stereocenters. The van der Waals surface area contributed by atoms with Crippen LogP contribution in [0.15, 0.2) is 70.0 Å². The molecule has 4 rings (SSSR count). The second kappa shape index (κ2) is 11.7. The first-order valence-corrected chi connectivity index (χ1v) is 14.5. The number of alkyl carbamates (subject to hydrolysis) is 1. The Morgan fingerprint density at radius 2 is 1.68 bits per heavy atom. The minimum atomic E-state index is -4.18. The third kappa shape index (κ3) is 7.23. The fraction of sp³-hybridized carbons (Fsp3) is 0.259. The van der Waals surface area contributed by atoms with E-state index in [-0.39, 0.29) is 27.3 Å². The van der Waals surface area contributed by atoms with Crippen LogP contribution in [0.5, 0.6) is 5.75 Å². The molecule has 3 aromatic carbocycles. The zero-order chi connectivity index (χ0) is 29.1. The zero-order valence-corrected chi connectivity index (χ0v) is 24.8. The number of nitrogens with one attached hydrogen (secondary N) is 1. The van der Waals surface area contributed by atoms with Gasteiger partial charge in [0, 0.05) is 11.0 Å². The second-order valence-corrected chi connectivity index (χ2v) is 12.2. The van der Waals surface area contributed by atoms with Gasteiger partial charge in [-0.25, -0.2) is 18.4 Å². The van der Waals surface area contributed by atoms with E-state index >= 15 is 0 Å². The van der Waals surface area contributed by atoms with Gasteiger partial charge in [-0.15, -0.1) is 10.2 Å². The number of hydrogen-bond donors (Lipinski definition) is 2. The molecule has 0 aliphatic rings. The van der Waals surface area contributed by atoms with Crippen molar-refractivity contribution in [2.45, 2.75) is 44.4 Å². The molecule has 0 radical (unpaired) electrons. The Kier molecular flexibility index (Phi) is 8.57. The van der Waals surface area contributed by atoms with Crippen molar-refractivity contribution < 1.29 is 22.7 Å². The molecule has 0 saturated heterocycles. The smallest absolute Gasteiger partial charge is 0.407 e. The molecule has 40 heavy (non-hydrogen) atoms. The van der Waals surface area contributed by atoms with E-state index in [2.05, 4.69) is 36.7 Å². The average Bonchev–Trinajstić information content (AvgIpc) is 3.34. The van der Waals surface area contributed by atoms with Crippen LogP contribution in [0.1, 0.15) is 31.9 Å². The van der Waals surface area contributed by atoms with Gasteiger partial charge in [0.25, 0.3) is 0 Å². The minimum Gasteiger partial charge on any atom is -0.497 e. The van der Waals surface area contributed by atoms with E-state index in [0.717, 1.165) is 16.9 Å². The summed E-state index contributed by atoms with van der Waals surface area (Å²) in [6, 6.07) is 18.0. The van der Waals surface area contributed by atoms with Gasteiger partial charge in [-0.3, -0.25) is 0 Å². The van der Waals surface area contributed by atoms with E-state index in [9.17, 15) is 13.2 Å². The predicted molar refractivity (Wildman–Crippen MR) is 153 cm³/mol. The van der Waals surface area contributed by atoms with E-state index in [0.29, 0.717) is 17.7 Å². The van der Waals surface area contributed by atoms with Gasteiger partial charge in [0.05, 0.1) is 19.2 Å². The van der Waals surface area contributed by atoms with Crippen molar-refractivity contribution in [3.05, 3.63) is 76.3 Å². The lowest BCUT2D eigenvalue weighted by atomic mass is 9.98. The normalized spacial score (nSPS) is 11.8. The predicted octanol–water partition coefficient (Wildman–Crippen LogP) is 4.50. The summed E-state index contributed by atoms with van der Waals surface area (Å²) in [5.41, 5.74) is 2.59. The van der Waals surface area contributed by atoms with Crippen LogP contribution < -0.4 is 15.2 Å². The van der Waals surface area contributed by atoms with Gasteiger partial charge in [0.15, 0.2) is 0 Å². The molecule has 4 aromatic rings. The first-order chi connectivity index (χ1) is 18.8. The number of nitrogens with two attached hydrogens (primary N) is 1. The highest BCUT2D eigenvalue weighted by atomic mass is 79.9. The van der Waals surface area contributed by atoms with Gasteiger partial charge in [-0.1, -0.05) is 42.5 Å². The van der Waals surface area contributed by atoms with Crippen LogP contribution in [0, 0.1) is 0 Å². The number of amides is 1. The van der Waals surface area contributed by atoms with Crippen molar-refractivity contribution in [3.63, 3.8) is 0 Å². The lowest BCUT2D eigenvalue weighted by Gasteiger charge is -2.19. The van der Waals surface area contributed by atoms with E-state index in [4.69, 9.17) is 14.6 Å². The van der Waals surface area contributed by atoms with Crippen LogP contribution in [0.25, 0.3) is 22.5 Å². The first kappa shape index (κ1) is 29.2. The van der Waals surface area contributed by atoms with Crippen molar-refractivity contribution in [1.29, 1.82) is 0 Å². The van der Waals surface area contributed by atoms with Crippen LogP contribution in [-0.2, 0) is 27.8 Å². The van der Waals surface area contributed by atoms with Crippen molar-refractivity contribution in [2.24, 2.45) is 5.14 Å². The number of carbonyl (C=O) groups excluding carboxylic acids is 1. The van der Waals surface area contributed by atoms with Gasteiger partial charge in [-0.2, -0.15) is 4.80 Å². The van der Waals surface area contributed by atoms with Crippen molar-refractivity contribution >= 4 is 32.0 Å². The summed E-state index contributed by atoms with van der Waals surface area (Å²) < 4.78 is 36.1. The number of rotatable bonds is 8. The summed E-state index contributed by atoms with van der Waals surface area (Å²) >= 11 is 3.32. The standard InChI is InChI=1S/C27H29BrN6O5S/c1-27(2,3)39-26(35)30-15-17-5-9-19(10-6-17)21-13-14-22(28)24(40(29,36)37)23(21)25-31-33-34(32-25)16-18-7-11-20(38-4)12-8-18/h5-14H,15-16H2,1-4H3,(H,30,35)(H2,29,36,37). The van der Waals surface area contributed by atoms with Crippen LogP contribution in [0.3, 0.4) is 0 Å². The Bertz CT molecular complexity index is 1610. The molecule has 0 aliphatic heterocycles. The third-order valence-corrected chi connectivity index (χ3v) is 7.57. The molecule has 0 spiro atoms. The molecule has 0 saturated carbocycles. The average molecular weight is 630 g/mol. The lowest BCUT2D eigenvalue weighted by Crippen LogP contribution is -2.32. The molecule has 11 nitrogen and oxygen atoms in total. The third-order valence-electron chi connectivity index (χ3n) is 5.65. The van der Waals surface area contributed by atoms with E-state index < -0.39 is 21.7 Å². The van der Waals surface area contributed by atoms with Crippen LogP contribution in [0.2, 0.25) is 0 Å². The SMILES string of the molecule is COc1ccc(Cn2nnc(-c3c(-c4ccc(CNC(=O)OC(C)(C)C)cc4)ccc(Br)c3S(N)(=O)=O)n2)cc1. The Morgan fingerprint density at radius 3 is 2.27 bits per heavy atom. The Labute approximate surface area is 240 Å². The van der Waals surface area contributed by atoms with Gasteiger partial charge in [0.1, 0.15) is 16.2 Å². The number of ether oxygens (including phenoxy) is 2. The maximum Gasteiger partial charge on any atom is 0.407 e. The summed E-state index contributed by atoms with van der Waals surface area (Å²) in [6.07, 6.45) is -0.520. The lowest BCUT2D eigenvalue weighted by molar-refractivity contribution is 0.0523.